The zero-order valence-corrected chi connectivity index (χ0v) is 15.1. The van der Waals surface area contributed by atoms with Crippen LogP contribution >= 0.6 is 0 Å². The maximum Gasteiger partial charge on any atom is 0.416 e. The largest absolute Gasteiger partial charge is 0.453 e. The number of alkyl halides is 3. The number of carbonyl (C=O) groups excluding carboxylic acids is 1. The highest BCUT2D eigenvalue weighted by molar-refractivity contribution is 5.89. The van der Waals surface area contributed by atoms with Gasteiger partial charge in [-0.1, -0.05) is 12.5 Å². The number of carbonyl (C=O) groups is 1. The quantitative estimate of drug-likeness (QED) is 0.565. The number of hydrogen-bond acceptors (Lipinski definition) is 2. The molecule has 1 saturated carbocycles. The van der Waals surface area contributed by atoms with Gasteiger partial charge in [0.25, 0.3) is 0 Å². The second-order valence-electron chi connectivity index (χ2n) is 7.55. The molecule has 1 aromatic rings. The smallest absolute Gasteiger partial charge is 0.416 e. The van der Waals surface area contributed by atoms with Gasteiger partial charge >= 0.3 is 12.1 Å². The van der Waals surface area contributed by atoms with Gasteiger partial charge in [0.2, 0.25) is 0 Å². The summed E-state index contributed by atoms with van der Waals surface area (Å²) < 4.78 is 44.5. The second kappa shape index (κ2) is 7.77. The van der Waals surface area contributed by atoms with E-state index in [2.05, 4.69) is 14.1 Å². The predicted molar refractivity (Wildman–Crippen MR) is 90.2 cm³/mol. The molecule has 2 rings (SSSR count). The monoisotopic (exact) mass is 358 g/mol. The minimum Gasteiger partial charge on any atom is -0.453 e. The predicted octanol–water partition coefficient (Wildman–Crippen LogP) is 4.66. The van der Waals surface area contributed by atoms with Gasteiger partial charge in [0, 0.05) is 0 Å². The van der Waals surface area contributed by atoms with Crippen molar-refractivity contribution in [3.63, 3.8) is 0 Å². The lowest BCUT2D eigenvalue weighted by Gasteiger charge is -2.41. The molecule has 0 heterocycles. The Morgan fingerprint density at radius 1 is 1.24 bits per heavy atom. The van der Waals surface area contributed by atoms with Gasteiger partial charge < -0.3 is 9.22 Å². The van der Waals surface area contributed by atoms with Crippen molar-refractivity contribution in [1.82, 2.24) is 0 Å². The lowest BCUT2D eigenvalue weighted by Crippen LogP contribution is -2.53. The molecule has 6 heteroatoms. The third-order valence-electron chi connectivity index (χ3n) is 5.02. The molecule has 1 aromatic carbocycles. The van der Waals surface area contributed by atoms with Gasteiger partial charge in [-0.25, -0.2) is 4.79 Å². The van der Waals surface area contributed by atoms with Crippen LogP contribution < -0.4 is 0 Å². The molecule has 0 saturated heterocycles. The summed E-state index contributed by atoms with van der Waals surface area (Å²) in [7, 11) is 4.26. The highest BCUT2D eigenvalue weighted by atomic mass is 19.4. The Morgan fingerprint density at radius 3 is 2.48 bits per heavy atom. The molecule has 1 unspecified atom stereocenters. The van der Waals surface area contributed by atoms with E-state index in [0.717, 1.165) is 16.6 Å². The van der Waals surface area contributed by atoms with Crippen LogP contribution in [0, 0.1) is 0 Å². The van der Waals surface area contributed by atoms with Crippen LogP contribution in [0.4, 0.5) is 13.2 Å². The Morgan fingerprint density at radius 2 is 1.88 bits per heavy atom. The van der Waals surface area contributed by atoms with E-state index in [9.17, 15) is 18.0 Å². The molecule has 0 spiro atoms. The first-order chi connectivity index (χ1) is 11.6. The van der Waals surface area contributed by atoms with Crippen molar-refractivity contribution < 1.29 is 27.2 Å². The third-order valence-corrected chi connectivity index (χ3v) is 5.02. The molecule has 1 fully saturated rings. The summed E-state index contributed by atoms with van der Waals surface area (Å²) in [5, 5.41) is 0. The summed E-state index contributed by atoms with van der Waals surface area (Å²) in [4.78, 5) is 12.2. The fraction of sp³-hybridized carbons (Fsp3) is 0.632. The molecule has 0 N–H and O–H groups in total. The highest BCUT2D eigenvalue weighted by Crippen LogP contribution is 2.30. The maximum absolute atomic E-state index is 12.8. The Bertz CT molecular complexity index is 593. The number of hydrogen-bond donors (Lipinski definition) is 0. The van der Waals surface area contributed by atoms with Gasteiger partial charge in [-0.05, 0) is 50.8 Å². The average molecular weight is 358 g/mol. The van der Waals surface area contributed by atoms with Crippen LogP contribution in [0.1, 0.15) is 54.9 Å². The summed E-state index contributed by atoms with van der Waals surface area (Å²) in [6, 6.07) is 4.92. The summed E-state index contributed by atoms with van der Waals surface area (Å²) in [5.41, 5.74) is -0.905. The number of benzene rings is 1. The summed E-state index contributed by atoms with van der Waals surface area (Å²) in [5.74, 6) is -0.706. The zero-order chi connectivity index (χ0) is 18.7. The Kier molecular flexibility index (Phi) is 6.14. The molecule has 0 radical (unpaired) electrons. The van der Waals surface area contributed by atoms with E-state index in [1.165, 1.54) is 44.2 Å². The molecule has 1 atom stereocenters. The molecule has 3 nitrogen and oxygen atoms in total. The van der Waals surface area contributed by atoms with Crippen LogP contribution in [0.3, 0.4) is 0 Å². The first-order valence-electron chi connectivity index (χ1n) is 8.80. The van der Waals surface area contributed by atoms with E-state index in [1.807, 2.05) is 0 Å². The average Bonchev–Trinajstić information content (AvgIpc) is 2.54. The fourth-order valence-electron chi connectivity index (χ4n) is 3.70. The van der Waals surface area contributed by atoms with Crippen molar-refractivity contribution in [1.29, 1.82) is 0 Å². The Hall–Kier alpha value is -1.56. The van der Waals surface area contributed by atoms with Crippen LogP contribution in [-0.2, 0) is 10.9 Å². The normalized spacial score (nSPS) is 18.0. The topological polar surface area (TPSA) is 26.3 Å². The van der Waals surface area contributed by atoms with Crippen molar-refractivity contribution in [2.75, 3.05) is 20.6 Å². The molecular weight excluding hydrogens is 331 g/mol. The summed E-state index contributed by atoms with van der Waals surface area (Å²) in [6.07, 6.45) is 1.23. The van der Waals surface area contributed by atoms with Gasteiger partial charge in [0.05, 0.1) is 31.3 Å². The van der Waals surface area contributed by atoms with Gasteiger partial charge in [-0.3, -0.25) is 0 Å². The van der Waals surface area contributed by atoms with Crippen molar-refractivity contribution in [3.8, 4) is 0 Å². The minimum absolute atomic E-state index is 0.0651. The number of rotatable bonds is 5. The maximum atomic E-state index is 12.8. The van der Waals surface area contributed by atoms with Gasteiger partial charge in [0.15, 0.2) is 0 Å². The van der Waals surface area contributed by atoms with Crippen molar-refractivity contribution in [3.05, 3.63) is 35.4 Å². The molecule has 25 heavy (non-hydrogen) atoms. The van der Waals surface area contributed by atoms with Gasteiger partial charge in [-0.15, -0.1) is 0 Å². The van der Waals surface area contributed by atoms with E-state index in [1.54, 1.807) is 6.92 Å². The summed E-state index contributed by atoms with van der Waals surface area (Å²) in [6.45, 7) is 2.45. The fourth-order valence-corrected chi connectivity index (χ4v) is 3.70. The van der Waals surface area contributed by atoms with E-state index in [-0.39, 0.29) is 11.7 Å². The molecule has 0 aromatic heterocycles. The standard InChI is InChI=1S/C19H27F3NO2/c1-14(13-23(2,3)17-10-5-4-6-11-17)25-18(24)15-8-7-9-16(12-15)19(20,21)22/h7-9,12,14,17H,4-6,10-11,13H2,1-3H3/q+1. The van der Waals surface area contributed by atoms with Crippen molar-refractivity contribution in [2.45, 2.75) is 57.3 Å². The third kappa shape index (κ3) is 5.46. The molecule has 0 bridgehead atoms. The molecule has 0 amide bonds. The van der Waals surface area contributed by atoms with Crippen LogP contribution in [0.25, 0.3) is 0 Å². The number of esters is 1. The minimum atomic E-state index is -4.47. The Balaban J connectivity index is 1.98. The lowest BCUT2D eigenvalue weighted by atomic mass is 9.93. The molecule has 1 aliphatic carbocycles. The Labute approximate surface area is 147 Å². The van der Waals surface area contributed by atoms with Crippen LogP contribution in [0.15, 0.2) is 24.3 Å². The molecular formula is C19H27F3NO2+. The first kappa shape index (κ1) is 19.8. The second-order valence-corrected chi connectivity index (χ2v) is 7.55. The lowest BCUT2D eigenvalue weighted by molar-refractivity contribution is -0.918. The van der Waals surface area contributed by atoms with Crippen molar-refractivity contribution in [2.24, 2.45) is 0 Å². The number of halogens is 3. The SMILES string of the molecule is CC(C[N+](C)(C)C1CCCCC1)OC(=O)c1cccc(C(F)(F)F)c1. The number of nitrogens with zero attached hydrogens (tertiary/aromatic N) is 1. The van der Waals surface area contributed by atoms with Gasteiger partial charge in [0.1, 0.15) is 12.6 Å². The molecule has 1 aliphatic rings. The van der Waals surface area contributed by atoms with Crippen LogP contribution in [-0.4, -0.2) is 43.2 Å². The van der Waals surface area contributed by atoms with Crippen molar-refractivity contribution >= 4 is 5.97 Å². The van der Waals surface area contributed by atoms with E-state index >= 15 is 0 Å². The van der Waals surface area contributed by atoms with Crippen LogP contribution in [0.2, 0.25) is 0 Å². The number of likely N-dealkylation sites (N-methyl/N-ethyl adjacent to an activating group) is 1. The highest BCUT2D eigenvalue weighted by Gasteiger charge is 2.33. The van der Waals surface area contributed by atoms with E-state index in [4.69, 9.17) is 4.74 Å². The van der Waals surface area contributed by atoms with Gasteiger partial charge in [-0.2, -0.15) is 13.2 Å². The first-order valence-corrected chi connectivity index (χ1v) is 8.80. The summed E-state index contributed by atoms with van der Waals surface area (Å²) >= 11 is 0. The molecule has 0 aliphatic heterocycles. The van der Waals surface area contributed by atoms with Crippen LogP contribution in [0.5, 0.6) is 0 Å². The zero-order valence-electron chi connectivity index (χ0n) is 15.1. The van der Waals surface area contributed by atoms with E-state index in [0.29, 0.717) is 12.6 Å². The molecule has 140 valence electrons. The van der Waals surface area contributed by atoms with E-state index < -0.39 is 17.7 Å². The number of ether oxygens (including phenoxy) is 1. The number of quaternary nitrogens is 1.